The standard InChI is InChI=1S/C14H14N2O2/c1-10-3-8-14(17)13(9-10)16-15-11-4-6-12(18-2)7-5-11/h3-9,17H,1-2H3. The van der Waals surface area contributed by atoms with Crippen molar-refractivity contribution in [1.82, 2.24) is 0 Å². The molecule has 0 heterocycles. The molecule has 2 aromatic rings. The number of hydrogen-bond donors (Lipinski definition) is 1. The lowest BCUT2D eigenvalue weighted by atomic mass is 10.2. The number of benzene rings is 2. The zero-order valence-corrected chi connectivity index (χ0v) is 10.3. The minimum atomic E-state index is 0.123. The summed E-state index contributed by atoms with van der Waals surface area (Å²) in [4.78, 5) is 0. The fourth-order valence-corrected chi connectivity index (χ4v) is 1.47. The normalized spacial score (nSPS) is 10.8. The topological polar surface area (TPSA) is 54.2 Å². The third-order valence-corrected chi connectivity index (χ3v) is 2.48. The second-order valence-electron chi connectivity index (χ2n) is 3.89. The van der Waals surface area contributed by atoms with E-state index in [4.69, 9.17) is 4.74 Å². The number of ether oxygens (including phenoxy) is 1. The molecule has 0 amide bonds. The lowest BCUT2D eigenvalue weighted by Crippen LogP contribution is -1.79. The number of aryl methyl sites for hydroxylation is 1. The van der Waals surface area contributed by atoms with Crippen molar-refractivity contribution in [3.8, 4) is 11.5 Å². The van der Waals surface area contributed by atoms with Crippen LogP contribution in [-0.2, 0) is 0 Å². The van der Waals surface area contributed by atoms with Crippen LogP contribution in [0.25, 0.3) is 0 Å². The molecule has 0 radical (unpaired) electrons. The first-order chi connectivity index (χ1) is 8.69. The zero-order valence-electron chi connectivity index (χ0n) is 10.3. The van der Waals surface area contributed by atoms with Gasteiger partial charge in [0.1, 0.15) is 17.2 Å². The van der Waals surface area contributed by atoms with E-state index in [-0.39, 0.29) is 5.75 Å². The Balaban J connectivity index is 2.21. The van der Waals surface area contributed by atoms with Crippen molar-refractivity contribution in [2.75, 3.05) is 7.11 Å². The van der Waals surface area contributed by atoms with Gasteiger partial charge >= 0.3 is 0 Å². The Labute approximate surface area is 106 Å². The van der Waals surface area contributed by atoms with Crippen molar-refractivity contribution in [2.45, 2.75) is 6.92 Å². The van der Waals surface area contributed by atoms with Gasteiger partial charge in [-0.3, -0.25) is 0 Å². The molecule has 0 aliphatic heterocycles. The summed E-state index contributed by atoms with van der Waals surface area (Å²) < 4.78 is 5.05. The van der Waals surface area contributed by atoms with E-state index in [0.29, 0.717) is 11.4 Å². The van der Waals surface area contributed by atoms with Gasteiger partial charge in [-0.2, -0.15) is 5.11 Å². The lowest BCUT2D eigenvalue weighted by Gasteiger charge is -2.00. The molecule has 0 aromatic heterocycles. The van der Waals surface area contributed by atoms with E-state index < -0.39 is 0 Å². The van der Waals surface area contributed by atoms with Gasteiger partial charge in [0.05, 0.1) is 12.8 Å². The third kappa shape index (κ3) is 2.85. The van der Waals surface area contributed by atoms with Gasteiger partial charge < -0.3 is 9.84 Å². The highest BCUT2D eigenvalue weighted by atomic mass is 16.5. The molecule has 4 nitrogen and oxygen atoms in total. The largest absolute Gasteiger partial charge is 0.506 e. The Bertz CT molecular complexity index is 563. The predicted octanol–water partition coefficient (Wildman–Crippen LogP) is 4.12. The molecule has 0 unspecified atom stereocenters. The minimum Gasteiger partial charge on any atom is -0.506 e. The number of nitrogens with zero attached hydrogens (tertiary/aromatic N) is 2. The van der Waals surface area contributed by atoms with E-state index in [0.717, 1.165) is 11.3 Å². The number of methoxy groups -OCH3 is 1. The summed E-state index contributed by atoms with van der Waals surface area (Å²) in [5.74, 6) is 0.894. The van der Waals surface area contributed by atoms with Crippen LogP contribution >= 0.6 is 0 Å². The maximum absolute atomic E-state index is 9.62. The summed E-state index contributed by atoms with van der Waals surface area (Å²) in [6.45, 7) is 1.94. The van der Waals surface area contributed by atoms with Crippen molar-refractivity contribution >= 4 is 11.4 Å². The molecular weight excluding hydrogens is 228 g/mol. The van der Waals surface area contributed by atoms with Gasteiger partial charge in [0.2, 0.25) is 0 Å². The molecule has 0 saturated carbocycles. The fourth-order valence-electron chi connectivity index (χ4n) is 1.47. The molecular formula is C14H14N2O2. The summed E-state index contributed by atoms with van der Waals surface area (Å²) in [5.41, 5.74) is 2.19. The highest BCUT2D eigenvalue weighted by Crippen LogP contribution is 2.29. The van der Waals surface area contributed by atoms with E-state index in [1.165, 1.54) is 0 Å². The number of aromatic hydroxyl groups is 1. The van der Waals surface area contributed by atoms with Crippen molar-refractivity contribution in [1.29, 1.82) is 0 Å². The quantitative estimate of drug-likeness (QED) is 0.823. The first kappa shape index (κ1) is 12.1. The van der Waals surface area contributed by atoms with Gasteiger partial charge in [0.25, 0.3) is 0 Å². The number of azo groups is 1. The van der Waals surface area contributed by atoms with Crippen molar-refractivity contribution < 1.29 is 9.84 Å². The summed E-state index contributed by atoms with van der Waals surface area (Å²) in [7, 11) is 1.61. The Morgan fingerprint density at radius 3 is 2.39 bits per heavy atom. The Morgan fingerprint density at radius 2 is 1.72 bits per heavy atom. The van der Waals surface area contributed by atoms with Crippen LogP contribution in [0.15, 0.2) is 52.7 Å². The van der Waals surface area contributed by atoms with Crippen molar-refractivity contribution in [3.05, 3.63) is 48.0 Å². The molecule has 0 bridgehead atoms. The number of hydrogen-bond acceptors (Lipinski definition) is 4. The summed E-state index contributed by atoms with van der Waals surface area (Å²) in [5, 5.41) is 17.7. The smallest absolute Gasteiger partial charge is 0.143 e. The third-order valence-electron chi connectivity index (χ3n) is 2.48. The highest BCUT2D eigenvalue weighted by molar-refractivity contribution is 5.52. The number of phenols is 1. The predicted molar refractivity (Wildman–Crippen MR) is 70.0 cm³/mol. The summed E-state index contributed by atoms with van der Waals surface area (Å²) in [6.07, 6.45) is 0. The van der Waals surface area contributed by atoms with Crippen LogP contribution in [0.1, 0.15) is 5.56 Å². The number of phenolic OH excluding ortho intramolecular Hbond substituents is 1. The molecule has 0 spiro atoms. The van der Waals surface area contributed by atoms with Gasteiger partial charge in [-0.15, -0.1) is 5.11 Å². The Morgan fingerprint density at radius 1 is 1.00 bits per heavy atom. The molecule has 92 valence electrons. The summed E-state index contributed by atoms with van der Waals surface area (Å²) >= 11 is 0. The van der Waals surface area contributed by atoms with Crippen molar-refractivity contribution in [3.63, 3.8) is 0 Å². The fraction of sp³-hybridized carbons (Fsp3) is 0.143. The first-order valence-corrected chi connectivity index (χ1v) is 5.54. The second-order valence-corrected chi connectivity index (χ2v) is 3.89. The SMILES string of the molecule is COc1ccc(N=Nc2cc(C)ccc2O)cc1. The van der Waals surface area contributed by atoms with Crippen LogP contribution < -0.4 is 4.74 Å². The van der Waals surface area contributed by atoms with Crippen LogP contribution in [0.4, 0.5) is 11.4 Å². The van der Waals surface area contributed by atoms with Crippen LogP contribution in [0.3, 0.4) is 0 Å². The van der Waals surface area contributed by atoms with Gasteiger partial charge in [0.15, 0.2) is 0 Å². The number of rotatable bonds is 3. The molecule has 4 heteroatoms. The molecule has 0 atom stereocenters. The van der Waals surface area contributed by atoms with E-state index in [1.807, 2.05) is 25.1 Å². The van der Waals surface area contributed by atoms with Gasteiger partial charge in [-0.05, 0) is 48.9 Å². The molecule has 0 aliphatic carbocycles. The molecule has 2 aromatic carbocycles. The average Bonchev–Trinajstić information content (AvgIpc) is 2.40. The minimum absolute atomic E-state index is 0.123. The maximum Gasteiger partial charge on any atom is 0.143 e. The first-order valence-electron chi connectivity index (χ1n) is 5.54. The Kier molecular flexibility index (Phi) is 3.57. The van der Waals surface area contributed by atoms with E-state index in [1.54, 1.807) is 31.4 Å². The highest BCUT2D eigenvalue weighted by Gasteiger charge is 1.99. The van der Waals surface area contributed by atoms with E-state index in [9.17, 15) is 5.11 Å². The van der Waals surface area contributed by atoms with Crippen LogP contribution in [0, 0.1) is 6.92 Å². The van der Waals surface area contributed by atoms with E-state index >= 15 is 0 Å². The molecule has 0 fully saturated rings. The van der Waals surface area contributed by atoms with Gasteiger partial charge in [0, 0.05) is 0 Å². The van der Waals surface area contributed by atoms with Crippen LogP contribution in [-0.4, -0.2) is 12.2 Å². The molecule has 18 heavy (non-hydrogen) atoms. The zero-order chi connectivity index (χ0) is 13.0. The van der Waals surface area contributed by atoms with Gasteiger partial charge in [-0.25, -0.2) is 0 Å². The lowest BCUT2D eigenvalue weighted by molar-refractivity contribution is 0.415. The van der Waals surface area contributed by atoms with E-state index in [2.05, 4.69) is 10.2 Å². The van der Waals surface area contributed by atoms with Gasteiger partial charge in [-0.1, -0.05) is 6.07 Å². The molecule has 1 N–H and O–H groups in total. The van der Waals surface area contributed by atoms with Crippen LogP contribution in [0.2, 0.25) is 0 Å². The average molecular weight is 242 g/mol. The maximum atomic E-state index is 9.62. The molecule has 0 saturated heterocycles. The second kappa shape index (κ2) is 5.31. The monoisotopic (exact) mass is 242 g/mol. The molecule has 0 aliphatic rings. The Hall–Kier alpha value is -2.36. The van der Waals surface area contributed by atoms with Crippen molar-refractivity contribution in [2.24, 2.45) is 10.2 Å². The summed E-state index contributed by atoms with van der Waals surface area (Å²) in [6, 6.07) is 12.4. The van der Waals surface area contributed by atoms with Crippen LogP contribution in [0.5, 0.6) is 11.5 Å². The molecule has 2 rings (SSSR count).